The molecule has 3 aliphatic rings. The lowest BCUT2D eigenvalue weighted by Gasteiger charge is -2.38. The number of likely N-dealkylation sites (tertiary alicyclic amines) is 1. The first kappa shape index (κ1) is 13.9. The molecule has 0 aromatic carbocycles. The summed E-state index contributed by atoms with van der Waals surface area (Å²) in [5, 5.41) is 11.2. The molecule has 3 fully saturated rings. The van der Waals surface area contributed by atoms with Crippen LogP contribution in [0.2, 0.25) is 0 Å². The highest BCUT2D eigenvalue weighted by molar-refractivity contribution is 4.99. The van der Waals surface area contributed by atoms with Crippen LogP contribution in [0.1, 0.15) is 70.6 Å². The number of nitrogens with zero attached hydrogens (tertiary/aromatic N) is 1. The summed E-state index contributed by atoms with van der Waals surface area (Å²) in [4.78, 5) is 2.66. The summed E-state index contributed by atoms with van der Waals surface area (Å²) in [5.41, 5.74) is -0.303. The second-order valence-electron chi connectivity index (χ2n) is 7.28. The average Bonchev–Trinajstić information content (AvgIpc) is 2.98. The van der Waals surface area contributed by atoms with Gasteiger partial charge in [0, 0.05) is 12.5 Å². The van der Waals surface area contributed by atoms with Crippen molar-refractivity contribution in [3.63, 3.8) is 0 Å². The quantitative estimate of drug-likeness (QED) is 0.843. The fourth-order valence-electron chi connectivity index (χ4n) is 4.93. The van der Waals surface area contributed by atoms with Crippen LogP contribution in [0.15, 0.2) is 0 Å². The molecular formula is C17H31NO. The molecular weight excluding hydrogens is 234 g/mol. The molecule has 0 aromatic heterocycles. The van der Waals surface area contributed by atoms with Gasteiger partial charge in [-0.15, -0.1) is 0 Å². The molecule has 19 heavy (non-hydrogen) atoms. The molecule has 0 radical (unpaired) electrons. The normalized spacial score (nSPS) is 38.7. The van der Waals surface area contributed by atoms with Gasteiger partial charge in [0.2, 0.25) is 0 Å². The molecule has 2 heteroatoms. The van der Waals surface area contributed by atoms with Crippen molar-refractivity contribution in [2.24, 2.45) is 11.8 Å². The van der Waals surface area contributed by atoms with E-state index in [9.17, 15) is 5.11 Å². The molecule has 0 bridgehead atoms. The molecule has 3 rings (SSSR count). The van der Waals surface area contributed by atoms with Gasteiger partial charge in [0.25, 0.3) is 0 Å². The molecule has 110 valence electrons. The Morgan fingerprint density at radius 2 is 1.53 bits per heavy atom. The molecule has 2 unspecified atom stereocenters. The van der Waals surface area contributed by atoms with E-state index in [1.807, 2.05) is 0 Å². The van der Waals surface area contributed by atoms with Crippen molar-refractivity contribution < 1.29 is 5.11 Å². The van der Waals surface area contributed by atoms with Gasteiger partial charge in [-0.05, 0) is 57.5 Å². The second kappa shape index (κ2) is 6.13. The fourth-order valence-corrected chi connectivity index (χ4v) is 4.93. The summed E-state index contributed by atoms with van der Waals surface area (Å²) in [7, 11) is 0. The van der Waals surface area contributed by atoms with E-state index in [2.05, 4.69) is 4.90 Å². The third-order valence-corrected chi connectivity index (χ3v) is 6.08. The van der Waals surface area contributed by atoms with Gasteiger partial charge in [-0.25, -0.2) is 0 Å². The van der Waals surface area contributed by atoms with Crippen molar-refractivity contribution in [3.05, 3.63) is 0 Å². The highest BCUT2D eigenvalue weighted by Crippen LogP contribution is 2.47. The minimum absolute atomic E-state index is 0.303. The Morgan fingerprint density at radius 3 is 2.21 bits per heavy atom. The van der Waals surface area contributed by atoms with E-state index >= 15 is 0 Å². The Kier molecular flexibility index (Phi) is 4.48. The average molecular weight is 265 g/mol. The summed E-state index contributed by atoms with van der Waals surface area (Å²) in [6.07, 6.45) is 14.4. The van der Waals surface area contributed by atoms with Gasteiger partial charge in [-0.2, -0.15) is 0 Å². The monoisotopic (exact) mass is 265 g/mol. The first-order valence-corrected chi connectivity index (χ1v) is 8.74. The number of hydrogen-bond donors (Lipinski definition) is 1. The Bertz CT molecular complexity index is 279. The largest absolute Gasteiger partial charge is 0.389 e. The first-order valence-electron chi connectivity index (χ1n) is 8.74. The maximum absolute atomic E-state index is 11.2. The van der Waals surface area contributed by atoms with Crippen molar-refractivity contribution in [2.75, 3.05) is 19.6 Å². The Balaban J connectivity index is 1.61. The van der Waals surface area contributed by atoms with E-state index in [1.165, 1.54) is 83.8 Å². The predicted octanol–water partition coefficient (Wildman–Crippen LogP) is 3.58. The molecule has 2 saturated carbocycles. The minimum atomic E-state index is -0.303. The summed E-state index contributed by atoms with van der Waals surface area (Å²) < 4.78 is 0. The number of hydrogen-bond acceptors (Lipinski definition) is 2. The molecule has 1 saturated heterocycles. The molecule has 1 heterocycles. The highest BCUT2D eigenvalue weighted by atomic mass is 16.3. The van der Waals surface area contributed by atoms with Crippen molar-refractivity contribution >= 4 is 0 Å². The predicted molar refractivity (Wildman–Crippen MR) is 79.2 cm³/mol. The Labute approximate surface area is 118 Å². The van der Waals surface area contributed by atoms with E-state index in [1.54, 1.807) is 0 Å². The van der Waals surface area contributed by atoms with Gasteiger partial charge in [-0.3, -0.25) is 0 Å². The van der Waals surface area contributed by atoms with Gasteiger partial charge >= 0.3 is 0 Å². The lowest BCUT2D eigenvalue weighted by molar-refractivity contribution is -0.0585. The van der Waals surface area contributed by atoms with Crippen LogP contribution in [0.4, 0.5) is 0 Å². The smallest absolute Gasteiger partial charge is 0.0716 e. The minimum Gasteiger partial charge on any atom is -0.389 e. The molecule has 2 atom stereocenters. The molecule has 0 amide bonds. The SMILES string of the molecule is OC1(C2CCCC2)CCCC1CN1CCCCCC1. The van der Waals surface area contributed by atoms with Crippen LogP contribution in [-0.4, -0.2) is 35.2 Å². The van der Waals surface area contributed by atoms with Crippen LogP contribution in [-0.2, 0) is 0 Å². The zero-order valence-electron chi connectivity index (χ0n) is 12.4. The molecule has 1 N–H and O–H groups in total. The van der Waals surface area contributed by atoms with Crippen LogP contribution >= 0.6 is 0 Å². The van der Waals surface area contributed by atoms with Crippen LogP contribution in [0.25, 0.3) is 0 Å². The molecule has 0 spiro atoms. The summed E-state index contributed by atoms with van der Waals surface area (Å²) in [6.45, 7) is 3.72. The molecule has 2 aliphatic carbocycles. The van der Waals surface area contributed by atoms with Gasteiger partial charge in [0.1, 0.15) is 0 Å². The topological polar surface area (TPSA) is 23.5 Å². The molecule has 1 aliphatic heterocycles. The van der Waals surface area contributed by atoms with E-state index in [0.29, 0.717) is 11.8 Å². The number of aliphatic hydroxyl groups is 1. The zero-order valence-corrected chi connectivity index (χ0v) is 12.4. The maximum Gasteiger partial charge on any atom is 0.0716 e. The summed E-state index contributed by atoms with van der Waals surface area (Å²) in [5.74, 6) is 1.18. The van der Waals surface area contributed by atoms with E-state index in [-0.39, 0.29) is 5.60 Å². The third-order valence-electron chi connectivity index (χ3n) is 6.08. The Morgan fingerprint density at radius 1 is 0.842 bits per heavy atom. The molecule has 2 nitrogen and oxygen atoms in total. The summed E-state index contributed by atoms with van der Waals surface area (Å²) >= 11 is 0. The van der Waals surface area contributed by atoms with Gasteiger partial charge < -0.3 is 10.0 Å². The first-order chi connectivity index (χ1) is 9.29. The lowest BCUT2D eigenvalue weighted by atomic mass is 9.77. The van der Waals surface area contributed by atoms with Gasteiger partial charge in [-0.1, -0.05) is 32.1 Å². The van der Waals surface area contributed by atoms with Crippen LogP contribution in [0.3, 0.4) is 0 Å². The highest BCUT2D eigenvalue weighted by Gasteiger charge is 2.47. The van der Waals surface area contributed by atoms with Gasteiger partial charge in [0.15, 0.2) is 0 Å². The molecule has 0 aromatic rings. The van der Waals surface area contributed by atoms with E-state index < -0.39 is 0 Å². The van der Waals surface area contributed by atoms with E-state index in [0.717, 1.165) is 6.42 Å². The zero-order chi connectivity index (χ0) is 13.1. The maximum atomic E-state index is 11.2. The van der Waals surface area contributed by atoms with Crippen molar-refractivity contribution in [1.82, 2.24) is 4.90 Å². The van der Waals surface area contributed by atoms with Crippen LogP contribution in [0.5, 0.6) is 0 Å². The van der Waals surface area contributed by atoms with Crippen molar-refractivity contribution in [2.45, 2.75) is 76.2 Å². The van der Waals surface area contributed by atoms with Crippen molar-refractivity contribution in [1.29, 1.82) is 0 Å². The Hall–Kier alpha value is -0.0800. The van der Waals surface area contributed by atoms with Crippen molar-refractivity contribution in [3.8, 4) is 0 Å². The standard InChI is InChI=1S/C17H31NO/c19-17(15-8-3-4-9-15)11-7-10-16(17)14-18-12-5-1-2-6-13-18/h15-16,19H,1-14H2. The number of rotatable bonds is 3. The van der Waals surface area contributed by atoms with Crippen LogP contribution < -0.4 is 0 Å². The lowest BCUT2D eigenvalue weighted by Crippen LogP contribution is -2.45. The third kappa shape index (κ3) is 3.00. The summed E-state index contributed by atoms with van der Waals surface area (Å²) in [6, 6.07) is 0. The second-order valence-corrected chi connectivity index (χ2v) is 7.28. The van der Waals surface area contributed by atoms with E-state index in [4.69, 9.17) is 0 Å². The van der Waals surface area contributed by atoms with Crippen LogP contribution in [0, 0.1) is 11.8 Å². The fraction of sp³-hybridized carbons (Fsp3) is 1.00. The van der Waals surface area contributed by atoms with Gasteiger partial charge in [0.05, 0.1) is 5.60 Å².